The summed E-state index contributed by atoms with van der Waals surface area (Å²) in [5.74, 6) is 1.57. The van der Waals surface area contributed by atoms with Crippen molar-refractivity contribution >= 4 is 0 Å². The fourth-order valence-electron chi connectivity index (χ4n) is 3.15. The molecule has 0 saturated carbocycles. The Kier molecular flexibility index (Phi) is 4.39. The maximum absolute atomic E-state index is 5.34. The molecule has 1 saturated heterocycles. The van der Waals surface area contributed by atoms with Crippen LogP contribution in [0, 0.1) is 0 Å². The SMILES string of the molecule is COc1cccc(C2CCN2Cc2cnc(-c3ccccn3)nc2)c1. The van der Waals surface area contributed by atoms with E-state index in [4.69, 9.17) is 4.74 Å². The van der Waals surface area contributed by atoms with Crippen LogP contribution in [0.25, 0.3) is 11.5 Å². The highest BCUT2D eigenvalue weighted by Gasteiger charge is 2.29. The number of nitrogens with zero attached hydrogens (tertiary/aromatic N) is 4. The maximum atomic E-state index is 5.34. The first kappa shape index (κ1) is 15.7. The van der Waals surface area contributed by atoms with Crippen molar-refractivity contribution in [2.75, 3.05) is 13.7 Å². The average molecular weight is 332 g/mol. The minimum atomic E-state index is 0.436. The van der Waals surface area contributed by atoms with E-state index in [-0.39, 0.29) is 0 Å². The van der Waals surface area contributed by atoms with Crippen molar-refractivity contribution < 1.29 is 4.74 Å². The molecule has 3 aromatic rings. The summed E-state index contributed by atoms with van der Waals surface area (Å²) in [6, 6.07) is 14.5. The zero-order valence-electron chi connectivity index (χ0n) is 14.2. The first-order valence-electron chi connectivity index (χ1n) is 8.44. The summed E-state index contributed by atoms with van der Waals surface area (Å²) < 4.78 is 5.34. The Morgan fingerprint density at radius 2 is 1.96 bits per heavy atom. The summed E-state index contributed by atoms with van der Waals surface area (Å²) in [4.78, 5) is 15.7. The molecule has 1 aliphatic heterocycles. The Labute approximate surface area is 147 Å². The molecule has 0 spiro atoms. The topological polar surface area (TPSA) is 51.1 Å². The predicted molar refractivity (Wildman–Crippen MR) is 96.0 cm³/mol. The fourth-order valence-corrected chi connectivity index (χ4v) is 3.15. The van der Waals surface area contributed by atoms with Crippen LogP contribution in [0.3, 0.4) is 0 Å². The van der Waals surface area contributed by atoms with Gasteiger partial charge in [-0.1, -0.05) is 18.2 Å². The molecule has 1 aromatic carbocycles. The van der Waals surface area contributed by atoms with E-state index in [0.29, 0.717) is 11.9 Å². The van der Waals surface area contributed by atoms with Gasteiger partial charge in [0.15, 0.2) is 5.82 Å². The second kappa shape index (κ2) is 6.99. The van der Waals surface area contributed by atoms with Gasteiger partial charge in [0.1, 0.15) is 11.4 Å². The molecule has 0 radical (unpaired) electrons. The molecule has 126 valence electrons. The monoisotopic (exact) mass is 332 g/mol. The minimum absolute atomic E-state index is 0.436. The van der Waals surface area contributed by atoms with Gasteiger partial charge in [0.25, 0.3) is 0 Å². The number of rotatable bonds is 5. The smallest absolute Gasteiger partial charge is 0.178 e. The highest BCUT2D eigenvalue weighted by Crippen LogP contribution is 2.35. The molecule has 1 fully saturated rings. The molecule has 25 heavy (non-hydrogen) atoms. The van der Waals surface area contributed by atoms with Crippen molar-refractivity contribution in [3.8, 4) is 17.3 Å². The summed E-state index contributed by atoms with van der Waals surface area (Å²) in [5.41, 5.74) is 3.22. The van der Waals surface area contributed by atoms with Crippen molar-refractivity contribution in [1.82, 2.24) is 19.9 Å². The number of aromatic nitrogens is 3. The maximum Gasteiger partial charge on any atom is 0.178 e. The van der Waals surface area contributed by atoms with Gasteiger partial charge in [-0.15, -0.1) is 0 Å². The number of hydrogen-bond donors (Lipinski definition) is 0. The zero-order chi connectivity index (χ0) is 17.1. The van der Waals surface area contributed by atoms with Crippen molar-refractivity contribution in [3.63, 3.8) is 0 Å². The van der Waals surface area contributed by atoms with Gasteiger partial charge in [-0.05, 0) is 36.2 Å². The van der Waals surface area contributed by atoms with Gasteiger partial charge in [-0.25, -0.2) is 9.97 Å². The fraction of sp³-hybridized carbons (Fsp3) is 0.250. The van der Waals surface area contributed by atoms with Crippen LogP contribution in [0.15, 0.2) is 61.1 Å². The molecular formula is C20H20N4O. The number of likely N-dealkylation sites (tertiary alicyclic amines) is 1. The van der Waals surface area contributed by atoms with Crippen LogP contribution in [-0.2, 0) is 6.54 Å². The Balaban J connectivity index is 1.45. The van der Waals surface area contributed by atoms with Gasteiger partial charge in [0.05, 0.1) is 7.11 Å². The Bertz CT molecular complexity index is 836. The molecule has 0 N–H and O–H groups in total. The number of hydrogen-bond acceptors (Lipinski definition) is 5. The average Bonchev–Trinajstić information content (AvgIpc) is 2.66. The van der Waals surface area contributed by atoms with Crippen LogP contribution in [0.1, 0.15) is 23.6 Å². The van der Waals surface area contributed by atoms with Crippen molar-refractivity contribution in [2.24, 2.45) is 0 Å². The number of methoxy groups -OCH3 is 1. The summed E-state index contributed by atoms with van der Waals surface area (Å²) >= 11 is 0. The van der Waals surface area contributed by atoms with E-state index >= 15 is 0 Å². The van der Waals surface area contributed by atoms with Gasteiger partial charge >= 0.3 is 0 Å². The van der Waals surface area contributed by atoms with Crippen molar-refractivity contribution in [2.45, 2.75) is 19.0 Å². The van der Waals surface area contributed by atoms with Crippen LogP contribution >= 0.6 is 0 Å². The largest absolute Gasteiger partial charge is 0.497 e. The highest BCUT2D eigenvalue weighted by atomic mass is 16.5. The third-order valence-electron chi connectivity index (χ3n) is 4.59. The van der Waals surface area contributed by atoms with Gasteiger partial charge < -0.3 is 4.74 Å². The first-order chi connectivity index (χ1) is 12.3. The molecule has 1 aliphatic rings. The third-order valence-corrected chi connectivity index (χ3v) is 4.59. The lowest BCUT2D eigenvalue weighted by atomic mass is 9.94. The van der Waals surface area contributed by atoms with Gasteiger partial charge in [-0.2, -0.15) is 0 Å². The molecule has 4 rings (SSSR count). The molecule has 0 amide bonds. The second-order valence-electron chi connectivity index (χ2n) is 6.18. The lowest BCUT2D eigenvalue weighted by molar-refractivity contribution is 0.0815. The van der Waals surface area contributed by atoms with Crippen molar-refractivity contribution in [1.29, 1.82) is 0 Å². The molecule has 1 atom stereocenters. The summed E-state index contributed by atoms with van der Waals surface area (Å²) in [5, 5.41) is 0. The van der Waals surface area contributed by atoms with Gasteiger partial charge in [0.2, 0.25) is 0 Å². The third kappa shape index (κ3) is 3.37. The first-order valence-corrected chi connectivity index (χ1v) is 8.44. The number of benzene rings is 1. The van der Waals surface area contributed by atoms with Crippen LogP contribution < -0.4 is 4.74 Å². The molecule has 1 unspecified atom stereocenters. The number of pyridine rings is 1. The summed E-state index contributed by atoms with van der Waals surface area (Å²) in [7, 11) is 1.71. The molecule has 5 heteroatoms. The van der Waals surface area contributed by atoms with Crippen LogP contribution in [-0.4, -0.2) is 33.5 Å². The van der Waals surface area contributed by atoms with E-state index in [0.717, 1.165) is 30.1 Å². The van der Waals surface area contributed by atoms with Crippen LogP contribution in [0.2, 0.25) is 0 Å². The van der Waals surface area contributed by atoms with E-state index in [1.807, 2.05) is 36.7 Å². The second-order valence-corrected chi connectivity index (χ2v) is 6.18. The predicted octanol–water partition coefficient (Wildman–Crippen LogP) is 3.49. The van der Waals surface area contributed by atoms with Crippen molar-refractivity contribution in [3.05, 3.63) is 72.2 Å². The van der Waals surface area contributed by atoms with E-state index in [2.05, 4.69) is 38.1 Å². The lowest BCUT2D eigenvalue weighted by Crippen LogP contribution is -2.40. The summed E-state index contributed by atoms with van der Waals surface area (Å²) in [6.07, 6.45) is 6.72. The molecule has 5 nitrogen and oxygen atoms in total. The van der Waals surface area contributed by atoms with E-state index in [1.54, 1.807) is 13.3 Å². The summed E-state index contributed by atoms with van der Waals surface area (Å²) in [6.45, 7) is 1.94. The Morgan fingerprint density at radius 3 is 2.64 bits per heavy atom. The molecule has 0 aliphatic carbocycles. The Hall–Kier alpha value is -2.79. The quantitative estimate of drug-likeness (QED) is 0.716. The van der Waals surface area contributed by atoms with E-state index in [1.165, 1.54) is 12.0 Å². The molecular weight excluding hydrogens is 312 g/mol. The molecule has 0 bridgehead atoms. The highest BCUT2D eigenvalue weighted by molar-refractivity contribution is 5.47. The normalized spacial score (nSPS) is 17.1. The van der Waals surface area contributed by atoms with Gasteiger partial charge in [0, 0.05) is 43.3 Å². The van der Waals surface area contributed by atoms with E-state index in [9.17, 15) is 0 Å². The Morgan fingerprint density at radius 1 is 1.08 bits per heavy atom. The minimum Gasteiger partial charge on any atom is -0.497 e. The van der Waals surface area contributed by atoms with Crippen LogP contribution in [0.5, 0.6) is 5.75 Å². The van der Waals surface area contributed by atoms with Crippen LogP contribution in [0.4, 0.5) is 0 Å². The molecule has 2 aromatic heterocycles. The molecule has 3 heterocycles. The van der Waals surface area contributed by atoms with E-state index < -0.39 is 0 Å². The zero-order valence-corrected chi connectivity index (χ0v) is 14.2. The number of ether oxygens (including phenoxy) is 1. The van der Waals surface area contributed by atoms with Gasteiger partial charge in [-0.3, -0.25) is 9.88 Å². The lowest BCUT2D eigenvalue weighted by Gasteiger charge is -2.41. The standard InChI is InChI=1S/C20H20N4O/c1-25-17-6-4-5-16(11-17)19-8-10-24(19)14-15-12-22-20(23-13-15)18-7-2-3-9-21-18/h2-7,9,11-13,19H,8,10,14H2,1H3.